The molecule has 7 nitrogen and oxygen atoms in total. The predicted molar refractivity (Wildman–Crippen MR) is 109 cm³/mol. The van der Waals surface area contributed by atoms with E-state index in [4.69, 9.17) is 4.74 Å². The Morgan fingerprint density at radius 1 is 1.21 bits per heavy atom. The van der Waals surface area contributed by atoms with Crippen LogP contribution in [0.15, 0.2) is 9.59 Å². The lowest BCUT2D eigenvalue weighted by Gasteiger charge is -2.25. The van der Waals surface area contributed by atoms with Gasteiger partial charge in [-0.25, -0.2) is 4.79 Å². The molecule has 28 heavy (non-hydrogen) atoms. The van der Waals surface area contributed by atoms with Crippen molar-refractivity contribution in [2.24, 2.45) is 0 Å². The Hall–Kier alpha value is -1.93. The molecular formula is C20H27N3O4S. The number of esters is 1. The molecule has 0 bridgehead atoms. The highest BCUT2D eigenvalue weighted by atomic mass is 32.1. The lowest BCUT2D eigenvalue weighted by Crippen LogP contribution is -2.43. The Labute approximate surface area is 167 Å². The van der Waals surface area contributed by atoms with Crippen molar-refractivity contribution in [1.82, 2.24) is 14.0 Å². The van der Waals surface area contributed by atoms with Crippen molar-refractivity contribution < 1.29 is 9.53 Å². The summed E-state index contributed by atoms with van der Waals surface area (Å²) in [5, 5.41) is 0.643. The molecule has 0 radical (unpaired) electrons. The summed E-state index contributed by atoms with van der Waals surface area (Å²) in [4.78, 5) is 42.9. The molecule has 152 valence electrons. The third-order valence-electron chi connectivity index (χ3n) is 6.13. The van der Waals surface area contributed by atoms with Crippen LogP contribution in [-0.2, 0) is 29.0 Å². The number of rotatable bonds is 4. The molecule has 8 heteroatoms. The van der Waals surface area contributed by atoms with Crippen LogP contribution in [-0.4, -0.2) is 40.2 Å². The number of hydrogen-bond donors (Lipinski definition) is 0. The fraction of sp³-hybridized carbons (Fsp3) is 0.650. The summed E-state index contributed by atoms with van der Waals surface area (Å²) in [6.07, 6.45) is 5.69. The fourth-order valence-corrected chi connectivity index (χ4v) is 5.91. The summed E-state index contributed by atoms with van der Waals surface area (Å²) in [5.74, 6) is -0.473. The normalized spacial score (nSPS) is 18.4. The van der Waals surface area contributed by atoms with E-state index >= 15 is 0 Å². The molecule has 1 saturated carbocycles. The van der Waals surface area contributed by atoms with Gasteiger partial charge in [-0.05, 0) is 31.4 Å². The van der Waals surface area contributed by atoms with Crippen LogP contribution in [0.2, 0.25) is 0 Å². The second kappa shape index (κ2) is 7.83. The van der Waals surface area contributed by atoms with Gasteiger partial charge in [-0.2, -0.15) is 0 Å². The maximum absolute atomic E-state index is 13.5. The second-order valence-corrected chi connectivity index (χ2v) is 8.80. The Morgan fingerprint density at radius 2 is 1.96 bits per heavy atom. The van der Waals surface area contributed by atoms with Crippen molar-refractivity contribution >= 4 is 27.5 Å². The van der Waals surface area contributed by atoms with Gasteiger partial charge in [0, 0.05) is 24.0 Å². The first-order valence-corrected chi connectivity index (χ1v) is 11.0. The van der Waals surface area contributed by atoms with Gasteiger partial charge in [0.05, 0.1) is 12.5 Å². The molecule has 0 aromatic carbocycles. The van der Waals surface area contributed by atoms with E-state index in [0.717, 1.165) is 68.6 Å². The Bertz CT molecular complexity index is 1010. The molecule has 2 aliphatic rings. The number of carbonyl (C=O) groups excluding carboxylic acids is 1. The molecule has 0 saturated heterocycles. The first-order chi connectivity index (χ1) is 13.5. The molecule has 1 fully saturated rings. The molecule has 1 aliphatic heterocycles. The number of methoxy groups -OCH3 is 1. The minimum atomic E-state index is -0.473. The second-order valence-electron chi connectivity index (χ2n) is 7.71. The molecule has 0 spiro atoms. The Kier molecular flexibility index (Phi) is 5.42. The van der Waals surface area contributed by atoms with E-state index in [0.29, 0.717) is 10.2 Å². The van der Waals surface area contributed by atoms with Gasteiger partial charge in [-0.1, -0.05) is 26.2 Å². The molecular weight excluding hydrogens is 378 g/mol. The highest BCUT2D eigenvalue weighted by Crippen LogP contribution is 2.34. The predicted octanol–water partition coefficient (Wildman–Crippen LogP) is 2.28. The van der Waals surface area contributed by atoms with Gasteiger partial charge in [0.15, 0.2) is 0 Å². The van der Waals surface area contributed by atoms with E-state index in [-0.39, 0.29) is 23.8 Å². The highest BCUT2D eigenvalue weighted by Gasteiger charge is 2.29. The zero-order chi connectivity index (χ0) is 19.8. The number of likely N-dealkylation sites (N-methyl/N-ethyl adjacent to an activating group) is 1. The van der Waals surface area contributed by atoms with Crippen molar-refractivity contribution in [3.8, 4) is 0 Å². The summed E-state index contributed by atoms with van der Waals surface area (Å²) >= 11 is 1.48. The Balaban J connectivity index is 1.96. The van der Waals surface area contributed by atoms with Crippen LogP contribution in [0.1, 0.15) is 55.5 Å². The molecule has 0 atom stereocenters. The van der Waals surface area contributed by atoms with Gasteiger partial charge in [0.1, 0.15) is 11.4 Å². The van der Waals surface area contributed by atoms with Gasteiger partial charge in [-0.15, -0.1) is 11.3 Å². The largest absolute Gasteiger partial charge is 0.468 e. The minimum absolute atomic E-state index is 0.0756. The van der Waals surface area contributed by atoms with Gasteiger partial charge in [-0.3, -0.25) is 23.6 Å². The van der Waals surface area contributed by atoms with Crippen LogP contribution in [0.5, 0.6) is 0 Å². The topological polar surface area (TPSA) is 73.5 Å². The van der Waals surface area contributed by atoms with E-state index in [1.807, 2.05) is 0 Å². The number of nitrogens with zero attached hydrogens (tertiary/aromatic N) is 3. The molecule has 0 N–H and O–H groups in total. The molecule has 2 aromatic rings. The monoisotopic (exact) mass is 405 g/mol. The maximum Gasteiger partial charge on any atom is 0.332 e. The summed E-state index contributed by atoms with van der Waals surface area (Å²) in [6, 6.07) is -0.0756. The van der Waals surface area contributed by atoms with Crippen molar-refractivity contribution in [2.75, 3.05) is 20.2 Å². The van der Waals surface area contributed by atoms with Crippen molar-refractivity contribution in [2.45, 2.75) is 64.6 Å². The number of aromatic nitrogens is 2. The SMILES string of the molecule is CCN1CCc2c(sc3c2c(=O)n(C2CCCCC2)c(=O)n3CC(=O)OC)C1. The van der Waals surface area contributed by atoms with Gasteiger partial charge < -0.3 is 4.74 Å². The lowest BCUT2D eigenvalue weighted by atomic mass is 9.95. The van der Waals surface area contributed by atoms with Gasteiger partial charge >= 0.3 is 11.7 Å². The average molecular weight is 406 g/mol. The van der Waals surface area contributed by atoms with Crippen molar-refractivity contribution in [3.63, 3.8) is 0 Å². The smallest absolute Gasteiger partial charge is 0.332 e. The molecule has 3 heterocycles. The van der Waals surface area contributed by atoms with E-state index in [9.17, 15) is 14.4 Å². The van der Waals surface area contributed by atoms with Crippen LogP contribution >= 0.6 is 11.3 Å². The highest BCUT2D eigenvalue weighted by molar-refractivity contribution is 7.18. The third-order valence-corrected chi connectivity index (χ3v) is 7.37. The number of hydrogen-bond acceptors (Lipinski definition) is 6. The number of carbonyl (C=O) groups is 1. The van der Waals surface area contributed by atoms with Crippen LogP contribution < -0.4 is 11.2 Å². The first kappa shape index (κ1) is 19.4. The van der Waals surface area contributed by atoms with Crippen LogP contribution in [0.25, 0.3) is 10.2 Å². The van der Waals surface area contributed by atoms with Crippen molar-refractivity contribution in [1.29, 1.82) is 0 Å². The third kappa shape index (κ3) is 3.22. The number of fused-ring (bicyclic) bond motifs is 3. The first-order valence-electron chi connectivity index (χ1n) is 10.1. The zero-order valence-corrected chi connectivity index (χ0v) is 17.3. The lowest BCUT2D eigenvalue weighted by molar-refractivity contribution is -0.141. The minimum Gasteiger partial charge on any atom is -0.468 e. The maximum atomic E-state index is 13.5. The van der Waals surface area contributed by atoms with Gasteiger partial charge in [0.2, 0.25) is 0 Å². The quantitative estimate of drug-likeness (QED) is 0.730. The molecule has 0 unspecified atom stereocenters. The van der Waals surface area contributed by atoms with E-state index in [2.05, 4.69) is 11.8 Å². The van der Waals surface area contributed by atoms with E-state index < -0.39 is 5.97 Å². The van der Waals surface area contributed by atoms with Crippen LogP contribution in [0.3, 0.4) is 0 Å². The van der Waals surface area contributed by atoms with Crippen molar-refractivity contribution in [3.05, 3.63) is 31.3 Å². The molecule has 4 rings (SSSR count). The Morgan fingerprint density at radius 3 is 2.64 bits per heavy atom. The summed E-state index contributed by atoms with van der Waals surface area (Å²) in [5.41, 5.74) is 0.522. The molecule has 2 aromatic heterocycles. The standard InChI is InChI=1S/C20H27N3O4S/c1-3-21-10-9-14-15(11-21)28-19-17(14)18(25)23(13-7-5-4-6-8-13)20(26)22(19)12-16(24)27-2/h13H,3-12H2,1-2H3. The average Bonchev–Trinajstić information content (AvgIpc) is 3.10. The van der Waals surface area contributed by atoms with Gasteiger partial charge in [0.25, 0.3) is 5.56 Å². The van der Waals surface area contributed by atoms with E-state index in [1.54, 1.807) is 0 Å². The number of ether oxygens (including phenoxy) is 1. The number of thiophene rings is 1. The van der Waals surface area contributed by atoms with Crippen LogP contribution in [0.4, 0.5) is 0 Å². The van der Waals surface area contributed by atoms with E-state index in [1.165, 1.54) is 27.6 Å². The summed E-state index contributed by atoms with van der Waals surface area (Å²) in [6.45, 7) is 4.63. The fourth-order valence-electron chi connectivity index (χ4n) is 4.54. The molecule has 1 aliphatic carbocycles. The zero-order valence-electron chi connectivity index (χ0n) is 16.5. The summed E-state index contributed by atoms with van der Waals surface area (Å²) < 4.78 is 7.72. The molecule has 0 amide bonds. The van der Waals surface area contributed by atoms with Crippen LogP contribution in [0, 0.1) is 0 Å². The summed E-state index contributed by atoms with van der Waals surface area (Å²) in [7, 11) is 1.32.